The molecule has 0 radical (unpaired) electrons. The summed E-state index contributed by atoms with van der Waals surface area (Å²) in [5, 5.41) is 10.1. The minimum atomic E-state index is 0.0803. The van der Waals surface area contributed by atoms with Crippen molar-refractivity contribution in [1.29, 1.82) is 0 Å². The van der Waals surface area contributed by atoms with E-state index in [4.69, 9.17) is 4.52 Å². The summed E-state index contributed by atoms with van der Waals surface area (Å²) in [6, 6.07) is 0.306. The van der Waals surface area contributed by atoms with E-state index in [1.165, 1.54) is 12.8 Å². The smallest absolute Gasteiger partial charge is 0.226 e. The van der Waals surface area contributed by atoms with Gasteiger partial charge in [0.15, 0.2) is 5.82 Å². The summed E-state index contributed by atoms with van der Waals surface area (Å²) in [4.78, 5) is 16.0. The Hall–Kier alpha value is -1.43. The molecule has 6 nitrogen and oxygen atoms in total. The normalized spacial score (nSPS) is 16.1. The Balaban J connectivity index is 1.58. The van der Waals surface area contributed by atoms with Crippen LogP contribution in [0.1, 0.15) is 57.2 Å². The van der Waals surface area contributed by atoms with E-state index in [0.29, 0.717) is 37.2 Å². The molecule has 1 saturated carbocycles. The van der Waals surface area contributed by atoms with E-state index < -0.39 is 0 Å². The van der Waals surface area contributed by atoms with Crippen molar-refractivity contribution in [2.75, 3.05) is 13.1 Å². The zero-order valence-corrected chi connectivity index (χ0v) is 12.3. The van der Waals surface area contributed by atoms with Gasteiger partial charge in [-0.2, -0.15) is 4.98 Å². The third-order valence-corrected chi connectivity index (χ3v) is 3.38. The molecular weight excluding hydrogens is 256 g/mol. The van der Waals surface area contributed by atoms with Crippen LogP contribution in [-0.2, 0) is 11.2 Å². The quantitative estimate of drug-likeness (QED) is 0.714. The van der Waals surface area contributed by atoms with Crippen molar-refractivity contribution in [2.45, 2.75) is 57.9 Å². The SMILES string of the molecule is CCN[C@H](C)CNC(=O)CCCc1nc(C2CC2)no1. The Labute approximate surface area is 119 Å². The molecule has 112 valence electrons. The van der Waals surface area contributed by atoms with E-state index in [1.807, 2.05) is 0 Å². The highest BCUT2D eigenvalue weighted by Gasteiger charge is 2.28. The van der Waals surface area contributed by atoms with Gasteiger partial charge >= 0.3 is 0 Å². The van der Waals surface area contributed by atoms with Crippen molar-refractivity contribution in [2.24, 2.45) is 0 Å². The van der Waals surface area contributed by atoms with Crippen molar-refractivity contribution in [1.82, 2.24) is 20.8 Å². The van der Waals surface area contributed by atoms with Gasteiger partial charge in [-0.3, -0.25) is 4.79 Å². The van der Waals surface area contributed by atoms with Crippen LogP contribution in [0, 0.1) is 0 Å². The molecule has 2 rings (SSSR count). The van der Waals surface area contributed by atoms with Crippen LogP contribution in [0.5, 0.6) is 0 Å². The summed E-state index contributed by atoms with van der Waals surface area (Å²) >= 11 is 0. The fourth-order valence-electron chi connectivity index (χ4n) is 2.05. The molecule has 0 bridgehead atoms. The van der Waals surface area contributed by atoms with Crippen LogP contribution in [0.3, 0.4) is 0 Å². The predicted octanol–water partition coefficient (Wildman–Crippen LogP) is 1.38. The van der Waals surface area contributed by atoms with Gasteiger partial charge in [0.1, 0.15) is 0 Å². The Morgan fingerprint density at radius 2 is 2.30 bits per heavy atom. The molecule has 1 aliphatic rings. The summed E-state index contributed by atoms with van der Waals surface area (Å²) < 4.78 is 5.18. The first-order chi connectivity index (χ1) is 9.69. The molecule has 0 saturated heterocycles. The Morgan fingerprint density at radius 1 is 1.50 bits per heavy atom. The lowest BCUT2D eigenvalue weighted by Gasteiger charge is -2.12. The Kier molecular flexibility index (Phi) is 5.52. The second-order valence-electron chi connectivity index (χ2n) is 5.44. The molecule has 1 aromatic heterocycles. The molecule has 1 aliphatic carbocycles. The number of aryl methyl sites for hydroxylation is 1. The van der Waals surface area contributed by atoms with E-state index in [-0.39, 0.29) is 5.91 Å². The molecule has 20 heavy (non-hydrogen) atoms. The molecule has 1 aromatic rings. The summed E-state index contributed by atoms with van der Waals surface area (Å²) in [6.45, 7) is 5.69. The maximum atomic E-state index is 11.7. The fraction of sp³-hybridized carbons (Fsp3) is 0.786. The minimum absolute atomic E-state index is 0.0803. The van der Waals surface area contributed by atoms with Gasteiger partial charge < -0.3 is 15.2 Å². The van der Waals surface area contributed by atoms with E-state index >= 15 is 0 Å². The minimum Gasteiger partial charge on any atom is -0.355 e. The topological polar surface area (TPSA) is 80.0 Å². The van der Waals surface area contributed by atoms with Gasteiger partial charge in [0.25, 0.3) is 0 Å². The third-order valence-electron chi connectivity index (χ3n) is 3.38. The number of nitrogens with zero attached hydrogens (tertiary/aromatic N) is 2. The highest BCUT2D eigenvalue weighted by Crippen LogP contribution is 2.38. The monoisotopic (exact) mass is 280 g/mol. The van der Waals surface area contributed by atoms with E-state index in [0.717, 1.165) is 18.8 Å². The van der Waals surface area contributed by atoms with Crippen LogP contribution in [0.15, 0.2) is 4.52 Å². The van der Waals surface area contributed by atoms with Crippen molar-refractivity contribution in [3.05, 3.63) is 11.7 Å². The summed E-state index contributed by atoms with van der Waals surface area (Å²) in [7, 11) is 0. The van der Waals surface area contributed by atoms with Crippen LogP contribution < -0.4 is 10.6 Å². The summed E-state index contributed by atoms with van der Waals surface area (Å²) in [5.41, 5.74) is 0. The molecule has 1 fully saturated rings. The van der Waals surface area contributed by atoms with E-state index in [2.05, 4.69) is 34.6 Å². The molecule has 0 aromatic carbocycles. The molecule has 0 aliphatic heterocycles. The van der Waals surface area contributed by atoms with Gasteiger partial charge in [-0.25, -0.2) is 0 Å². The molecule has 0 unspecified atom stereocenters. The van der Waals surface area contributed by atoms with Gasteiger partial charge in [-0.1, -0.05) is 12.1 Å². The largest absolute Gasteiger partial charge is 0.355 e. The molecule has 1 atom stereocenters. The highest BCUT2D eigenvalue weighted by atomic mass is 16.5. The van der Waals surface area contributed by atoms with E-state index in [9.17, 15) is 4.79 Å². The summed E-state index contributed by atoms with van der Waals surface area (Å²) in [6.07, 6.45) is 4.26. The number of hydrogen-bond acceptors (Lipinski definition) is 5. The number of carbonyl (C=O) groups is 1. The third kappa shape index (κ3) is 4.92. The Morgan fingerprint density at radius 3 is 3.00 bits per heavy atom. The lowest BCUT2D eigenvalue weighted by Crippen LogP contribution is -2.38. The van der Waals surface area contributed by atoms with Crippen LogP contribution in [0.25, 0.3) is 0 Å². The number of likely N-dealkylation sites (N-methyl/N-ethyl adjacent to an activating group) is 1. The zero-order chi connectivity index (χ0) is 14.4. The van der Waals surface area contributed by atoms with Crippen molar-refractivity contribution in [3.63, 3.8) is 0 Å². The van der Waals surface area contributed by atoms with Gasteiger partial charge in [-0.05, 0) is 32.7 Å². The molecule has 1 amide bonds. The number of aromatic nitrogens is 2. The van der Waals surface area contributed by atoms with Crippen molar-refractivity contribution in [3.8, 4) is 0 Å². The first kappa shape index (κ1) is 15.0. The summed E-state index contributed by atoms with van der Waals surface area (Å²) in [5.74, 6) is 2.09. The molecular formula is C14H24N4O2. The van der Waals surface area contributed by atoms with Crippen LogP contribution in [0.2, 0.25) is 0 Å². The van der Waals surface area contributed by atoms with Gasteiger partial charge in [0.05, 0.1) is 0 Å². The molecule has 1 heterocycles. The Bertz CT molecular complexity index is 429. The standard InChI is InChI=1S/C14H24N4O2/c1-3-15-10(2)9-16-12(19)5-4-6-13-17-14(18-20-13)11-7-8-11/h10-11,15H,3-9H2,1-2H3,(H,16,19)/t10-/m1/s1. The van der Waals surface area contributed by atoms with Crippen LogP contribution in [0.4, 0.5) is 0 Å². The van der Waals surface area contributed by atoms with Crippen molar-refractivity contribution < 1.29 is 9.32 Å². The van der Waals surface area contributed by atoms with Gasteiger partial charge in [-0.15, -0.1) is 0 Å². The first-order valence-electron chi connectivity index (χ1n) is 7.51. The van der Waals surface area contributed by atoms with Gasteiger partial charge in [0.2, 0.25) is 11.8 Å². The second-order valence-corrected chi connectivity index (χ2v) is 5.44. The second kappa shape index (κ2) is 7.38. The van der Waals surface area contributed by atoms with Crippen LogP contribution in [-0.4, -0.2) is 35.2 Å². The lowest BCUT2D eigenvalue weighted by atomic mass is 10.2. The number of rotatable bonds is 9. The number of nitrogens with one attached hydrogen (secondary N) is 2. The number of carbonyl (C=O) groups excluding carboxylic acids is 1. The zero-order valence-electron chi connectivity index (χ0n) is 12.3. The first-order valence-corrected chi connectivity index (χ1v) is 7.51. The average Bonchev–Trinajstić information content (AvgIpc) is 3.17. The predicted molar refractivity (Wildman–Crippen MR) is 75.4 cm³/mol. The number of amides is 1. The lowest BCUT2D eigenvalue weighted by molar-refractivity contribution is -0.121. The van der Waals surface area contributed by atoms with Crippen LogP contribution >= 0.6 is 0 Å². The number of hydrogen-bond donors (Lipinski definition) is 2. The molecule has 6 heteroatoms. The molecule has 2 N–H and O–H groups in total. The maximum Gasteiger partial charge on any atom is 0.226 e. The molecule has 0 spiro atoms. The van der Waals surface area contributed by atoms with E-state index in [1.54, 1.807) is 0 Å². The van der Waals surface area contributed by atoms with Gasteiger partial charge in [0, 0.05) is 31.3 Å². The van der Waals surface area contributed by atoms with Crippen molar-refractivity contribution >= 4 is 5.91 Å². The maximum absolute atomic E-state index is 11.7. The average molecular weight is 280 g/mol. The highest BCUT2D eigenvalue weighted by molar-refractivity contribution is 5.75. The fourth-order valence-corrected chi connectivity index (χ4v) is 2.05.